The molecule has 2 aromatic rings. The molecule has 6 nitrogen and oxygen atoms in total. The molecule has 1 aliphatic heterocycles. The van der Waals surface area contributed by atoms with Crippen molar-refractivity contribution in [2.45, 2.75) is 18.9 Å². The zero-order valence-electron chi connectivity index (χ0n) is 10.4. The summed E-state index contributed by atoms with van der Waals surface area (Å²) in [7, 11) is 0. The third-order valence-electron chi connectivity index (χ3n) is 3.26. The summed E-state index contributed by atoms with van der Waals surface area (Å²) < 4.78 is 0. The van der Waals surface area contributed by atoms with Gasteiger partial charge in [0.1, 0.15) is 18.2 Å². The number of nitrogens with two attached hydrogens (primary N) is 1. The van der Waals surface area contributed by atoms with Crippen molar-refractivity contribution in [3.8, 4) is 0 Å². The molecule has 4 N–H and O–H groups in total. The molecule has 1 saturated heterocycles. The van der Waals surface area contributed by atoms with Gasteiger partial charge in [-0.1, -0.05) is 0 Å². The first-order chi connectivity index (χ1) is 9.24. The highest BCUT2D eigenvalue weighted by atomic mass is 16.2. The number of benzene rings is 1. The molecule has 3 rings (SSSR count). The normalized spacial score (nSPS) is 19.2. The van der Waals surface area contributed by atoms with Crippen molar-refractivity contribution in [1.82, 2.24) is 15.3 Å². The number of nitrogens with zero attached hydrogens (tertiary/aromatic N) is 2. The lowest BCUT2D eigenvalue weighted by Gasteiger charge is -2.23. The molecule has 0 aliphatic carbocycles. The Bertz CT molecular complexity index is 627. The minimum absolute atomic E-state index is 0.0157. The van der Waals surface area contributed by atoms with E-state index in [1.165, 1.54) is 6.33 Å². The van der Waals surface area contributed by atoms with E-state index < -0.39 is 0 Å². The molecule has 1 fully saturated rings. The minimum atomic E-state index is -0.242. The Morgan fingerprint density at radius 2 is 2.26 bits per heavy atom. The molecule has 1 aromatic heterocycles. The summed E-state index contributed by atoms with van der Waals surface area (Å²) in [5, 5.41) is 6.86. The molecule has 1 unspecified atom stereocenters. The number of nitrogens with one attached hydrogen (secondary N) is 2. The van der Waals surface area contributed by atoms with Crippen LogP contribution in [0.4, 0.5) is 11.5 Å². The van der Waals surface area contributed by atoms with Crippen LogP contribution in [0.2, 0.25) is 0 Å². The van der Waals surface area contributed by atoms with Crippen LogP contribution >= 0.6 is 0 Å². The maximum Gasteiger partial charge on any atom is 0.242 e. The summed E-state index contributed by atoms with van der Waals surface area (Å²) in [6, 6.07) is 5.22. The van der Waals surface area contributed by atoms with Gasteiger partial charge in [-0.15, -0.1) is 0 Å². The van der Waals surface area contributed by atoms with Gasteiger partial charge in [-0.25, -0.2) is 9.97 Å². The Morgan fingerprint density at radius 1 is 1.37 bits per heavy atom. The van der Waals surface area contributed by atoms with Gasteiger partial charge in [0.15, 0.2) is 0 Å². The van der Waals surface area contributed by atoms with Crippen molar-refractivity contribution in [2.24, 2.45) is 0 Å². The quantitative estimate of drug-likeness (QED) is 0.695. The van der Waals surface area contributed by atoms with Gasteiger partial charge in [0.2, 0.25) is 5.91 Å². The second-order valence-electron chi connectivity index (χ2n) is 4.63. The molecule has 98 valence electrons. The first kappa shape index (κ1) is 11.7. The SMILES string of the molecule is Nc1ccc2ncnc(NC3CCCNC3=O)c2c1. The van der Waals surface area contributed by atoms with Crippen molar-refractivity contribution in [3.05, 3.63) is 24.5 Å². The molecule has 0 saturated carbocycles. The van der Waals surface area contributed by atoms with E-state index in [1.807, 2.05) is 12.1 Å². The van der Waals surface area contributed by atoms with Crippen molar-refractivity contribution >= 4 is 28.3 Å². The summed E-state index contributed by atoms with van der Waals surface area (Å²) in [6.07, 6.45) is 3.26. The van der Waals surface area contributed by atoms with Crippen LogP contribution in [-0.2, 0) is 4.79 Å². The number of nitrogen functional groups attached to an aromatic ring is 1. The summed E-state index contributed by atoms with van der Waals surface area (Å²) in [5.41, 5.74) is 7.25. The Balaban J connectivity index is 1.95. The van der Waals surface area contributed by atoms with E-state index in [0.717, 1.165) is 30.3 Å². The second-order valence-corrected chi connectivity index (χ2v) is 4.63. The zero-order valence-corrected chi connectivity index (χ0v) is 10.4. The van der Waals surface area contributed by atoms with E-state index in [4.69, 9.17) is 5.73 Å². The number of carbonyl (C=O) groups excluding carboxylic acids is 1. The first-order valence-corrected chi connectivity index (χ1v) is 6.28. The number of rotatable bonds is 2. The smallest absolute Gasteiger partial charge is 0.242 e. The fraction of sp³-hybridized carbons (Fsp3) is 0.308. The fourth-order valence-electron chi connectivity index (χ4n) is 2.26. The third kappa shape index (κ3) is 2.29. The molecule has 1 atom stereocenters. The summed E-state index contributed by atoms with van der Waals surface area (Å²) in [5.74, 6) is 0.668. The molecule has 1 aromatic carbocycles. The molecule has 1 aliphatic rings. The maximum atomic E-state index is 11.8. The van der Waals surface area contributed by atoms with Crippen LogP contribution in [0, 0.1) is 0 Å². The second kappa shape index (κ2) is 4.72. The highest BCUT2D eigenvalue weighted by Crippen LogP contribution is 2.23. The van der Waals surface area contributed by atoms with E-state index in [1.54, 1.807) is 6.07 Å². The Morgan fingerprint density at radius 3 is 3.11 bits per heavy atom. The first-order valence-electron chi connectivity index (χ1n) is 6.28. The van der Waals surface area contributed by atoms with E-state index in [9.17, 15) is 4.79 Å². The van der Waals surface area contributed by atoms with Crippen molar-refractivity contribution in [2.75, 3.05) is 17.6 Å². The van der Waals surface area contributed by atoms with Crippen molar-refractivity contribution in [3.63, 3.8) is 0 Å². The van der Waals surface area contributed by atoms with Crippen LogP contribution in [0.5, 0.6) is 0 Å². The highest BCUT2D eigenvalue weighted by molar-refractivity contribution is 5.93. The van der Waals surface area contributed by atoms with Gasteiger partial charge in [0, 0.05) is 17.6 Å². The average Bonchev–Trinajstić information content (AvgIpc) is 2.42. The Labute approximate surface area is 110 Å². The summed E-state index contributed by atoms with van der Waals surface area (Å²) in [4.78, 5) is 20.2. The van der Waals surface area contributed by atoms with Gasteiger partial charge < -0.3 is 16.4 Å². The molecule has 19 heavy (non-hydrogen) atoms. The monoisotopic (exact) mass is 257 g/mol. The van der Waals surface area contributed by atoms with E-state index >= 15 is 0 Å². The number of anilines is 2. The molecule has 1 amide bonds. The topological polar surface area (TPSA) is 92.9 Å². The lowest BCUT2D eigenvalue weighted by atomic mass is 10.1. The number of aromatic nitrogens is 2. The molecule has 0 radical (unpaired) electrons. The van der Waals surface area contributed by atoms with Crippen LogP contribution in [0.1, 0.15) is 12.8 Å². The standard InChI is InChI=1S/C13H15N5O/c14-8-3-4-10-9(6-8)12(17-7-16-10)18-11-2-1-5-15-13(11)19/h3-4,6-7,11H,1-2,5,14H2,(H,15,19)(H,16,17,18). The van der Waals surface area contributed by atoms with Crippen LogP contribution in [0.25, 0.3) is 10.9 Å². The predicted molar refractivity (Wildman–Crippen MR) is 73.6 cm³/mol. The van der Waals surface area contributed by atoms with Crippen molar-refractivity contribution < 1.29 is 4.79 Å². The summed E-state index contributed by atoms with van der Waals surface area (Å²) >= 11 is 0. The lowest BCUT2D eigenvalue weighted by Crippen LogP contribution is -2.44. The van der Waals surface area contributed by atoms with Crippen LogP contribution in [0.15, 0.2) is 24.5 Å². The number of hydrogen-bond acceptors (Lipinski definition) is 5. The van der Waals surface area contributed by atoms with Gasteiger partial charge in [-0.05, 0) is 31.0 Å². The molecular weight excluding hydrogens is 242 g/mol. The number of piperidine rings is 1. The van der Waals surface area contributed by atoms with Gasteiger partial charge in [0.25, 0.3) is 0 Å². The van der Waals surface area contributed by atoms with Gasteiger partial charge in [-0.2, -0.15) is 0 Å². The number of hydrogen-bond donors (Lipinski definition) is 3. The maximum absolute atomic E-state index is 11.8. The van der Waals surface area contributed by atoms with Crippen LogP contribution in [-0.4, -0.2) is 28.5 Å². The van der Waals surface area contributed by atoms with E-state index in [-0.39, 0.29) is 11.9 Å². The fourth-order valence-corrected chi connectivity index (χ4v) is 2.26. The molecule has 2 heterocycles. The Kier molecular flexibility index (Phi) is 2.91. The number of fused-ring (bicyclic) bond motifs is 1. The largest absolute Gasteiger partial charge is 0.399 e. The van der Waals surface area contributed by atoms with E-state index in [2.05, 4.69) is 20.6 Å². The number of carbonyl (C=O) groups is 1. The third-order valence-corrected chi connectivity index (χ3v) is 3.26. The number of amides is 1. The Hall–Kier alpha value is -2.37. The van der Waals surface area contributed by atoms with Gasteiger partial charge >= 0.3 is 0 Å². The average molecular weight is 257 g/mol. The highest BCUT2D eigenvalue weighted by Gasteiger charge is 2.22. The van der Waals surface area contributed by atoms with Gasteiger partial charge in [-0.3, -0.25) is 4.79 Å². The van der Waals surface area contributed by atoms with E-state index in [0.29, 0.717) is 11.5 Å². The van der Waals surface area contributed by atoms with Gasteiger partial charge in [0.05, 0.1) is 5.52 Å². The predicted octanol–water partition coefficient (Wildman–Crippen LogP) is 0.902. The zero-order chi connectivity index (χ0) is 13.2. The molecule has 6 heteroatoms. The summed E-state index contributed by atoms with van der Waals surface area (Å²) in [6.45, 7) is 0.745. The molecular formula is C13H15N5O. The van der Waals surface area contributed by atoms with Crippen LogP contribution in [0.3, 0.4) is 0 Å². The minimum Gasteiger partial charge on any atom is -0.399 e. The molecule has 0 spiro atoms. The van der Waals surface area contributed by atoms with Crippen LogP contribution < -0.4 is 16.4 Å². The molecule has 0 bridgehead atoms. The van der Waals surface area contributed by atoms with Crippen molar-refractivity contribution in [1.29, 1.82) is 0 Å². The lowest BCUT2D eigenvalue weighted by molar-refractivity contribution is -0.123.